The molecule has 0 bridgehead atoms. The van der Waals surface area contributed by atoms with Crippen LogP contribution in [0.15, 0.2) is 47.5 Å². The molecule has 3 rings (SSSR count). The summed E-state index contributed by atoms with van der Waals surface area (Å²) in [5.74, 6) is 0.657. The highest BCUT2D eigenvalue weighted by molar-refractivity contribution is 7.89. The van der Waals surface area contributed by atoms with E-state index in [9.17, 15) is 13.2 Å². The number of benzene rings is 1. The van der Waals surface area contributed by atoms with Crippen molar-refractivity contribution in [2.24, 2.45) is 0 Å². The number of pyridine rings is 1. The molecule has 1 amide bonds. The first-order chi connectivity index (χ1) is 13.4. The number of amides is 1. The number of nitrogens with zero attached hydrogens (tertiary/aromatic N) is 2. The van der Waals surface area contributed by atoms with E-state index in [4.69, 9.17) is 23.2 Å². The van der Waals surface area contributed by atoms with E-state index in [0.717, 1.165) is 18.8 Å². The van der Waals surface area contributed by atoms with Gasteiger partial charge in [-0.3, -0.25) is 4.79 Å². The van der Waals surface area contributed by atoms with E-state index < -0.39 is 10.0 Å². The summed E-state index contributed by atoms with van der Waals surface area (Å²) in [7, 11) is -3.90. The van der Waals surface area contributed by atoms with E-state index >= 15 is 0 Å². The molecule has 1 aromatic heterocycles. The van der Waals surface area contributed by atoms with Crippen LogP contribution in [0.4, 0.5) is 5.82 Å². The maximum atomic E-state index is 12.4. The predicted octanol–water partition coefficient (Wildman–Crippen LogP) is 2.45. The molecule has 1 aromatic carbocycles. The van der Waals surface area contributed by atoms with Crippen molar-refractivity contribution in [1.29, 1.82) is 0 Å². The van der Waals surface area contributed by atoms with Gasteiger partial charge in [0.1, 0.15) is 10.7 Å². The number of nitrogens with one attached hydrogen (secondary N) is 2. The van der Waals surface area contributed by atoms with Gasteiger partial charge in [0.05, 0.1) is 10.0 Å². The summed E-state index contributed by atoms with van der Waals surface area (Å²) in [6, 6.07) is 10.2. The molecular formula is C18H20Cl2N4O3S. The summed E-state index contributed by atoms with van der Waals surface area (Å²) in [6.07, 6.45) is 2.56. The fourth-order valence-electron chi connectivity index (χ4n) is 3.04. The lowest BCUT2D eigenvalue weighted by atomic mass is 10.2. The Kier molecular flexibility index (Phi) is 6.77. The van der Waals surface area contributed by atoms with Crippen molar-refractivity contribution in [3.63, 3.8) is 0 Å². The normalized spacial score (nSPS) is 16.9. The Balaban J connectivity index is 1.47. The van der Waals surface area contributed by atoms with Crippen LogP contribution in [0.5, 0.6) is 0 Å². The number of hydrogen-bond donors (Lipinski definition) is 2. The molecule has 28 heavy (non-hydrogen) atoms. The summed E-state index contributed by atoms with van der Waals surface area (Å²) in [5.41, 5.74) is 0. The Labute approximate surface area is 174 Å². The molecule has 1 aliphatic heterocycles. The number of rotatable bonds is 7. The molecule has 1 unspecified atom stereocenters. The second kappa shape index (κ2) is 9.09. The molecule has 2 heterocycles. The molecule has 1 aliphatic rings. The lowest BCUT2D eigenvalue weighted by molar-refractivity contribution is -0.121. The molecule has 0 aliphatic carbocycles. The Morgan fingerprint density at radius 1 is 1.18 bits per heavy atom. The number of carbonyl (C=O) groups is 1. The Hall–Kier alpha value is -1.87. The van der Waals surface area contributed by atoms with Crippen LogP contribution in [-0.2, 0) is 14.8 Å². The molecule has 0 spiro atoms. The van der Waals surface area contributed by atoms with Gasteiger partial charge in [-0.1, -0.05) is 35.3 Å². The zero-order valence-corrected chi connectivity index (χ0v) is 17.3. The number of hydrogen-bond acceptors (Lipinski definition) is 5. The van der Waals surface area contributed by atoms with Gasteiger partial charge >= 0.3 is 0 Å². The van der Waals surface area contributed by atoms with Gasteiger partial charge in [-0.15, -0.1) is 0 Å². The summed E-state index contributed by atoms with van der Waals surface area (Å²) in [6.45, 7) is 1.43. The van der Waals surface area contributed by atoms with E-state index in [0.29, 0.717) is 6.54 Å². The summed E-state index contributed by atoms with van der Waals surface area (Å²) < 4.78 is 27.1. The highest BCUT2D eigenvalue weighted by atomic mass is 35.5. The summed E-state index contributed by atoms with van der Waals surface area (Å²) in [5, 5.41) is 3.00. The second-order valence-corrected chi connectivity index (χ2v) is 8.90. The number of carbonyl (C=O) groups excluding carboxylic acids is 1. The quantitative estimate of drug-likeness (QED) is 0.686. The van der Waals surface area contributed by atoms with Crippen molar-refractivity contribution in [3.05, 3.63) is 52.6 Å². The molecule has 0 saturated carbocycles. The van der Waals surface area contributed by atoms with Gasteiger partial charge in [0.25, 0.3) is 0 Å². The molecule has 2 N–H and O–H groups in total. The monoisotopic (exact) mass is 442 g/mol. The lowest BCUT2D eigenvalue weighted by Crippen LogP contribution is -2.39. The molecule has 1 fully saturated rings. The average Bonchev–Trinajstić information content (AvgIpc) is 3.10. The van der Waals surface area contributed by atoms with Gasteiger partial charge < -0.3 is 10.2 Å². The Morgan fingerprint density at radius 2 is 1.93 bits per heavy atom. The number of anilines is 1. The second-order valence-electron chi connectivity index (χ2n) is 6.39. The van der Waals surface area contributed by atoms with Crippen LogP contribution in [-0.4, -0.2) is 45.0 Å². The number of sulfonamides is 1. The molecule has 1 atom stereocenters. The number of halogens is 2. The topological polar surface area (TPSA) is 91.4 Å². The van der Waals surface area contributed by atoms with Crippen molar-refractivity contribution >= 4 is 45.0 Å². The fraction of sp³-hybridized carbons (Fsp3) is 0.333. The summed E-state index contributed by atoms with van der Waals surface area (Å²) >= 11 is 11.9. The van der Waals surface area contributed by atoms with Crippen molar-refractivity contribution in [2.45, 2.75) is 23.8 Å². The first-order valence-electron chi connectivity index (χ1n) is 8.76. The van der Waals surface area contributed by atoms with Crippen LogP contribution in [0.25, 0.3) is 0 Å². The van der Waals surface area contributed by atoms with Gasteiger partial charge in [0.2, 0.25) is 15.9 Å². The van der Waals surface area contributed by atoms with Crippen molar-refractivity contribution in [3.8, 4) is 0 Å². The fourth-order valence-corrected chi connectivity index (χ4v) is 5.21. The SMILES string of the molecule is O=C(CCNS(=O)(=O)c1c(Cl)cccc1Cl)NC1CCN(c2ccccn2)C1. The van der Waals surface area contributed by atoms with E-state index in [1.807, 2.05) is 18.2 Å². The van der Waals surface area contributed by atoms with Crippen molar-refractivity contribution in [1.82, 2.24) is 15.0 Å². The van der Waals surface area contributed by atoms with Crippen LogP contribution in [0.3, 0.4) is 0 Å². The van der Waals surface area contributed by atoms with E-state index in [1.165, 1.54) is 12.1 Å². The zero-order valence-electron chi connectivity index (χ0n) is 14.9. The van der Waals surface area contributed by atoms with Gasteiger partial charge in [0.15, 0.2) is 0 Å². The van der Waals surface area contributed by atoms with Crippen LogP contribution < -0.4 is 14.9 Å². The third kappa shape index (κ3) is 5.14. The maximum absolute atomic E-state index is 12.4. The first-order valence-corrected chi connectivity index (χ1v) is 11.0. The lowest BCUT2D eigenvalue weighted by Gasteiger charge is -2.17. The highest BCUT2D eigenvalue weighted by Gasteiger charge is 2.25. The van der Waals surface area contributed by atoms with E-state index in [2.05, 4.69) is 19.9 Å². The van der Waals surface area contributed by atoms with E-state index in [1.54, 1.807) is 12.3 Å². The predicted molar refractivity (Wildman–Crippen MR) is 109 cm³/mol. The molecule has 0 radical (unpaired) electrons. The smallest absolute Gasteiger partial charge is 0.243 e. The van der Waals surface area contributed by atoms with Gasteiger partial charge in [-0.05, 0) is 30.7 Å². The minimum atomic E-state index is -3.90. The molecular weight excluding hydrogens is 423 g/mol. The van der Waals surface area contributed by atoms with Crippen LogP contribution in [0, 0.1) is 0 Å². The number of aromatic nitrogens is 1. The van der Waals surface area contributed by atoms with Gasteiger partial charge in [-0.2, -0.15) is 0 Å². The average molecular weight is 443 g/mol. The van der Waals surface area contributed by atoms with Crippen molar-refractivity contribution in [2.75, 3.05) is 24.5 Å². The zero-order chi connectivity index (χ0) is 20.1. The molecule has 150 valence electrons. The van der Waals surface area contributed by atoms with Crippen LogP contribution in [0.1, 0.15) is 12.8 Å². The van der Waals surface area contributed by atoms with Crippen LogP contribution >= 0.6 is 23.2 Å². The molecule has 1 saturated heterocycles. The molecule has 7 nitrogen and oxygen atoms in total. The highest BCUT2D eigenvalue weighted by Crippen LogP contribution is 2.28. The summed E-state index contributed by atoms with van der Waals surface area (Å²) in [4.78, 5) is 18.4. The van der Waals surface area contributed by atoms with Crippen molar-refractivity contribution < 1.29 is 13.2 Å². The van der Waals surface area contributed by atoms with E-state index in [-0.39, 0.29) is 39.9 Å². The largest absolute Gasteiger partial charge is 0.354 e. The third-order valence-corrected chi connectivity index (χ3v) is 6.77. The molecule has 10 heteroatoms. The minimum absolute atomic E-state index is 0.00382. The Bertz CT molecular complexity index is 921. The molecule has 2 aromatic rings. The Morgan fingerprint density at radius 3 is 2.61 bits per heavy atom. The minimum Gasteiger partial charge on any atom is -0.354 e. The standard InChI is InChI=1S/C18H20Cl2N4O3S/c19-14-4-3-5-15(20)18(14)28(26,27)22-10-7-17(25)23-13-8-11-24(12-13)16-6-1-2-9-21-16/h1-6,9,13,22H,7-8,10-12H2,(H,23,25). The maximum Gasteiger partial charge on any atom is 0.243 e. The van der Waals surface area contributed by atoms with Gasteiger partial charge in [-0.25, -0.2) is 18.1 Å². The first kappa shape index (κ1) is 20.9. The van der Waals surface area contributed by atoms with Crippen LogP contribution in [0.2, 0.25) is 10.0 Å². The van der Waals surface area contributed by atoms with Gasteiger partial charge in [0, 0.05) is 38.3 Å². The third-order valence-electron chi connectivity index (χ3n) is 4.36.